The van der Waals surface area contributed by atoms with E-state index >= 15 is 0 Å². The summed E-state index contributed by atoms with van der Waals surface area (Å²) >= 11 is -1.86. The van der Waals surface area contributed by atoms with Crippen LogP contribution in [0.4, 0.5) is 0 Å². The third-order valence-electron chi connectivity index (χ3n) is 0.601. The Kier molecular flexibility index (Phi) is 3.15. The molecule has 0 aliphatic rings. The summed E-state index contributed by atoms with van der Waals surface area (Å²) in [5.41, 5.74) is 0. The average Bonchev–Trinajstić information content (AvgIpc) is 1.65. The minimum atomic E-state index is -1.86. The molecule has 0 heterocycles. The molecule has 0 aliphatic heterocycles. The molecule has 0 amide bonds. The number of aliphatic hydroxyl groups excluding tert-OH is 1. The molecule has 0 bridgehead atoms. The van der Waals surface area contributed by atoms with E-state index in [2.05, 4.69) is 0 Å². The maximum Gasteiger partial charge on any atom is 0.158 e. The van der Waals surface area contributed by atoms with Gasteiger partial charge in [-0.3, -0.25) is 0 Å². The van der Waals surface area contributed by atoms with Crippen LogP contribution >= 0.6 is 0 Å². The van der Waals surface area contributed by atoms with Gasteiger partial charge in [-0.1, -0.05) is 0 Å². The molecule has 0 spiro atoms. The van der Waals surface area contributed by atoms with Crippen molar-refractivity contribution in [2.75, 3.05) is 6.61 Å². The summed E-state index contributed by atoms with van der Waals surface area (Å²) in [5, 5.41) is 7.64. The Morgan fingerprint density at radius 1 is 1.86 bits per heavy atom. The lowest BCUT2D eigenvalue weighted by molar-refractivity contribution is 0.294. The lowest BCUT2D eigenvalue weighted by atomic mass is 10.5. The Morgan fingerprint density at radius 2 is 2.29 bits per heavy atom. The fraction of sp³-hybridized carbons (Fsp3) is 1.00. The van der Waals surface area contributed by atoms with E-state index < -0.39 is 16.3 Å². The Bertz CT molecular complexity index is 72.6. The van der Waals surface area contributed by atoms with Crippen molar-refractivity contribution in [1.82, 2.24) is 0 Å². The molecule has 0 radical (unpaired) electrons. The van der Waals surface area contributed by atoms with Crippen LogP contribution in [0.2, 0.25) is 0 Å². The highest BCUT2D eigenvalue weighted by Crippen LogP contribution is 1.86. The second-order valence-electron chi connectivity index (χ2n) is 1.27. The lowest BCUT2D eigenvalue weighted by Gasteiger charge is -1.97. The fourth-order valence-electron chi connectivity index (χ4n) is 0.0638. The SMILES string of the molecule is CC(CO)S(=O)O. The third kappa shape index (κ3) is 2.73. The summed E-state index contributed by atoms with van der Waals surface area (Å²) in [4.78, 5) is 0. The van der Waals surface area contributed by atoms with Gasteiger partial charge in [0.2, 0.25) is 0 Å². The van der Waals surface area contributed by atoms with Gasteiger partial charge in [0.05, 0.1) is 11.9 Å². The molecule has 2 atom stereocenters. The van der Waals surface area contributed by atoms with Gasteiger partial charge in [0.25, 0.3) is 0 Å². The first-order valence-electron chi connectivity index (χ1n) is 1.89. The molecule has 2 unspecified atom stereocenters. The lowest BCUT2D eigenvalue weighted by Crippen LogP contribution is -2.13. The maximum atomic E-state index is 9.88. The molecule has 4 heteroatoms. The number of aliphatic hydroxyl groups is 1. The van der Waals surface area contributed by atoms with Crippen molar-refractivity contribution in [3.05, 3.63) is 0 Å². The van der Waals surface area contributed by atoms with Crippen molar-refractivity contribution in [2.24, 2.45) is 0 Å². The van der Waals surface area contributed by atoms with E-state index in [-0.39, 0.29) is 6.61 Å². The van der Waals surface area contributed by atoms with Crippen molar-refractivity contribution in [3.63, 3.8) is 0 Å². The van der Waals surface area contributed by atoms with Crippen molar-refractivity contribution in [1.29, 1.82) is 0 Å². The largest absolute Gasteiger partial charge is 0.395 e. The second kappa shape index (κ2) is 3.12. The zero-order chi connectivity index (χ0) is 5.86. The standard InChI is InChI=1S/C3H8O3S/c1-3(2-4)7(5)6/h3-4H,2H2,1H3,(H,5,6). The average molecular weight is 124 g/mol. The zero-order valence-corrected chi connectivity index (χ0v) is 4.81. The van der Waals surface area contributed by atoms with E-state index in [9.17, 15) is 4.21 Å². The molecule has 0 saturated heterocycles. The molecule has 0 saturated carbocycles. The molecule has 3 nitrogen and oxygen atoms in total. The minimum Gasteiger partial charge on any atom is -0.395 e. The van der Waals surface area contributed by atoms with Crippen LogP contribution in [-0.4, -0.2) is 25.7 Å². The van der Waals surface area contributed by atoms with Gasteiger partial charge >= 0.3 is 0 Å². The van der Waals surface area contributed by atoms with E-state index in [1.165, 1.54) is 6.92 Å². The monoisotopic (exact) mass is 124 g/mol. The van der Waals surface area contributed by atoms with E-state index in [0.717, 1.165) is 0 Å². The molecule has 0 aliphatic carbocycles. The number of hydrogen-bond donors (Lipinski definition) is 2. The molecular weight excluding hydrogens is 116 g/mol. The van der Waals surface area contributed by atoms with Gasteiger partial charge in [-0.05, 0) is 6.92 Å². The van der Waals surface area contributed by atoms with Gasteiger partial charge in [-0.25, -0.2) is 4.21 Å². The van der Waals surface area contributed by atoms with Gasteiger partial charge in [0.1, 0.15) is 0 Å². The highest BCUT2D eigenvalue weighted by Gasteiger charge is 2.03. The quantitative estimate of drug-likeness (QED) is 0.492. The first kappa shape index (κ1) is 7.07. The predicted octanol–water partition coefficient (Wildman–Crippen LogP) is -0.411. The van der Waals surface area contributed by atoms with E-state index in [1.54, 1.807) is 0 Å². The topological polar surface area (TPSA) is 57.5 Å². The van der Waals surface area contributed by atoms with Crippen molar-refractivity contribution in [3.8, 4) is 0 Å². The Morgan fingerprint density at radius 3 is 2.29 bits per heavy atom. The van der Waals surface area contributed by atoms with Crippen LogP contribution in [-0.2, 0) is 11.1 Å². The van der Waals surface area contributed by atoms with Crippen molar-refractivity contribution < 1.29 is 13.9 Å². The minimum absolute atomic E-state index is 0.233. The summed E-state index contributed by atoms with van der Waals surface area (Å²) in [7, 11) is 0. The summed E-state index contributed by atoms with van der Waals surface area (Å²) < 4.78 is 18.0. The summed E-state index contributed by atoms with van der Waals surface area (Å²) in [5.74, 6) is 0. The predicted molar refractivity (Wildman–Crippen MR) is 27.3 cm³/mol. The van der Waals surface area contributed by atoms with Crippen LogP contribution in [0.1, 0.15) is 6.92 Å². The second-order valence-corrected chi connectivity index (χ2v) is 2.63. The summed E-state index contributed by atoms with van der Waals surface area (Å²) in [6.07, 6.45) is 0. The van der Waals surface area contributed by atoms with Crippen LogP contribution < -0.4 is 0 Å². The molecule has 0 aromatic heterocycles. The van der Waals surface area contributed by atoms with Gasteiger partial charge in [0.15, 0.2) is 11.1 Å². The maximum absolute atomic E-state index is 9.88. The fourth-order valence-corrected chi connectivity index (χ4v) is 0.191. The first-order valence-corrected chi connectivity index (χ1v) is 3.06. The number of hydrogen-bond acceptors (Lipinski definition) is 2. The first-order chi connectivity index (χ1) is 3.18. The van der Waals surface area contributed by atoms with Crippen LogP contribution in [0.25, 0.3) is 0 Å². The third-order valence-corrected chi connectivity index (χ3v) is 1.44. The Labute approximate surface area is 44.6 Å². The van der Waals surface area contributed by atoms with Crippen LogP contribution in [0.3, 0.4) is 0 Å². The molecule has 0 rings (SSSR count). The van der Waals surface area contributed by atoms with Gasteiger partial charge in [0, 0.05) is 0 Å². The van der Waals surface area contributed by atoms with Gasteiger partial charge < -0.3 is 9.66 Å². The van der Waals surface area contributed by atoms with Crippen molar-refractivity contribution in [2.45, 2.75) is 12.2 Å². The zero-order valence-electron chi connectivity index (χ0n) is 4.00. The highest BCUT2D eigenvalue weighted by atomic mass is 32.2. The Balaban J connectivity index is 3.34. The van der Waals surface area contributed by atoms with E-state index in [4.69, 9.17) is 9.66 Å². The number of rotatable bonds is 2. The highest BCUT2D eigenvalue weighted by molar-refractivity contribution is 7.79. The molecule has 2 N–H and O–H groups in total. The van der Waals surface area contributed by atoms with E-state index in [1.807, 2.05) is 0 Å². The molecule has 0 aromatic rings. The summed E-state index contributed by atoms with van der Waals surface area (Å²) in [6, 6.07) is 0. The molecule has 44 valence electrons. The van der Waals surface area contributed by atoms with Gasteiger partial charge in [-0.15, -0.1) is 0 Å². The summed E-state index contributed by atoms with van der Waals surface area (Å²) in [6.45, 7) is 1.26. The molecule has 0 aromatic carbocycles. The molecule has 0 fully saturated rings. The smallest absolute Gasteiger partial charge is 0.158 e. The Hall–Kier alpha value is 0.0700. The van der Waals surface area contributed by atoms with Crippen molar-refractivity contribution >= 4 is 11.1 Å². The normalized spacial score (nSPS) is 18.7. The van der Waals surface area contributed by atoms with Gasteiger partial charge in [-0.2, -0.15) is 0 Å². The molecular formula is C3H8O3S. The molecule has 7 heavy (non-hydrogen) atoms. The van der Waals surface area contributed by atoms with Crippen LogP contribution in [0.5, 0.6) is 0 Å². The van der Waals surface area contributed by atoms with Crippen LogP contribution in [0, 0.1) is 0 Å². The van der Waals surface area contributed by atoms with E-state index in [0.29, 0.717) is 0 Å². The van der Waals surface area contributed by atoms with Crippen LogP contribution in [0.15, 0.2) is 0 Å².